The number of hydrogen-bond donors (Lipinski definition) is 2. The molecule has 8 heteroatoms. The van der Waals surface area contributed by atoms with Crippen molar-refractivity contribution in [3.8, 4) is 0 Å². The predicted molar refractivity (Wildman–Crippen MR) is 82.4 cm³/mol. The van der Waals surface area contributed by atoms with Gasteiger partial charge in [0.25, 0.3) is 0 Å². The van der Waals surface area contributed by atoms with E-state index in [0.29, 0.717) is 24.2 Å². The highest BCUT2D eigenvalue weighted by molar-refractivity contribution is 6.28. The van der Waals surface area contributed by atoms with Gasteiger partial charge in [0.1, 0.15) is 0 Å². The van der Waals surface area contributed by atoms with Crippen LogP contribution >= 0.6 is 11.6 Å². The Bertz CT molecular complexity index is 490. The average molecular weight is 313 g/mol. The van der Waals surface area contributed by atoms with Crippen molar-refractivity contribution in [2.24, 2.45) is 11.7 Å². The Morgan fingerprint density at radius 3 is 2.71 bits per heavy atom. The predicted octanol–water partition coefficient (Wildman–Crippen LogP) is 1.44. The first-order valence-electron chi connectivity index (χ1n) is 7.27. The summed E-state index contributed by atoms with van der Waals surface area (Å²) in [5.41, 5.74) is 5.24. The van der Waals surface area contributed by atoms with Gasteiger partial charge in [-0.2, -0.15) is 15.0 Å². The number of anilines is 2. The molecule has 3 N–H and O–H groups in total. The molecule has 21 heavy (non-hydrogen) atoms. The van der Waals surface area contributed by atoms with E-state index in [9.17, 15) is 4.79 Å². The number of nitrogens with two attached hydrogens (primary N) is 1. The number of amides is 1. The third-order valence-corrected chi connectivity index (χ3v) is 3.69. The van der Waals surface area contributed by atoms with Gasteiger partial charge in [0.05, 0.1) is 0 Å². The van der Waals surface area contributed by atoms with Crippen molar-refractivity contribution >= 4 is 29.4 Å². The van der Waals surface area contributed by atoms with Crippen molar-refractivity contribution in [2.75, 3.05) is 29.9 Å². The molecule has 1 saturated heterocycles. The first-order chi connectivity index (χ1) is 10.1. The molecular weight excluding hydrogens is 292 g/mol. The fourth-order valence-corrected chi connectivity index (χ4v) is 2.57. The van der Waals surface area contributed by atoms with E-state index in [1.54, 1.807) is 0 Å². The molecule has 1 amide bonds. The first kappa shape index (κ1) is 15.8. The van der Waals surface area contributed by atoms with Crippen LogP contribution in [0, 0.1) is 5.92 Å². The summed E-state index contributed by atoms with van der Waals surface area (Å²) in [4.78, 5) is 25.7. The molecule has 1 aromatic heterocycles. The second-order valence-electron chi connectivity index (χ2n) is 5.26. The maximum absolute atomic E-state index is 11.0. The zero-order valence-corrected chi connectivity index (χ0v) is 12.9. The molecule has 2 heterocycles. The van der Waals surface area contributed by atoms with E-state index in [-0.39, 0.29) is 11.2 Å². The Morgan fingerprint density at radius 1 is 1.38 bits per heavy atom. The second kappa shape index (κ2) is 7.40. The molecule has 1 aliphatic heterocycles. The summed E-state index contributed by atoms with van der Waals surface area (Å²) < 4.78 is 0. The van der Waals surface area contributed by atoms with Crippen LogP contribution in [0.25, 0.3) is 0 Å². The second-order valence-corrected chi connectivity index (χ2v) is 5.59. The molecule has 0 atom stereocenters. The van der Waals surface area contributed by atoms with Gasteiger partial charge < -0.3 is 16.0 Å². The fraction of sp³-hybridized carbons (Fsp3) is 0.692. The zero-order valence-electron chi connectivity index (χ0n) is 12.2. The maximum atomic E-state index is 11.0. The number of rotatable bonds is 6. The summed E-state index contributed by atoms with van der Waals surface area (Å²) in [7, 11) is 0. The number of nitrogens with zero attached hydrogens (tertiary/aromatic N) is 4. The van der Waals surface area contributed by atoms with Crippen LogP contribution in [0.15, 0.2) is 0 Å². The molecule has 0 saturated carbocycles. The van der Waals surface area contributed by atoms with Gasteiger partial charge in [-0.1, -0.05) is 6.92 Å². The van der Waals surface area contributed by atoms with E-state index < -0.39 is 0 Å². The molecule has 0 aliphatic carbocycles. The number of carbonyl (C=O) groups excluding carboxylic acids is 1. The molecule has 0 radical (unpaired) electrons. The summed E-state index contributed by atoms with van der Waals surface area (Å²) in [6, 6.07) is 0. The van der Waals surface area contributed by atoms with Crippen molar-refractivity contribution in [1.29, 1.82) is 0 Å². The Labute approximate surface area is 129 Å². The quantitative estimate of drug-likeness (QED) is 0.825. The van der Waals surface area contributed by atoms with Crippen molar-refractivity contribution < 1.29 is 4.79 Å². The fourth-order valence-electron chi connectivity index (χ4n) is 2.42. The molecule has 1 aromatic rings. The Kier molecular flexibility index (Phi) is 5.55. The van der Waals surface area contributed by atoms with E-state index in [1.165, 1.54) is 0 Å². The lowest BCUT2D eigenvalue weighted by Crippen LogP contribution is -2.36. The van der Waals surface area contributed by atoms with Gasteiger partial charge in [0.15, 0.2) is 0 Å². The normalized spacial score (nSPS) is 16.0. The summed E-state index contributed by atoms with van der Waals surface area (Å²) in [5, 5.41) is 3.31. The molecule has 116 valence electrons. The molecular formula is C13H21ClN6O. The summed E-state index contributed by atoms with van der Waals surface area (Å²) in [5.74, 6) is 1.22. The number of aromatic nitrogens is 3. The van der Waals surface area contributed by atoms with Gasteiger partial charge in [0.2, 0.25) is 23.1 Å². The smallest absolute Gasteiger partial charge is 0.231 e. The van der Waals surface area contributed by atoms with Gasteiger partial charge in [-0.15, -0.1) is 0 Å². The number of nitrogens with one attached hydrogen (secondary N) is 1. The lowest BCUT2D eigenvalue weighted by molar-refractivity contribution is -0.119. The SMILES string of the molecule is CCCNc1nc(Cl)nc(N2CCC(CC(N)=O)CC2)n1. The van der Waals surface area contributed by atoms with E-state index in [4.69, 9.17) is 17.3 Å². The lowest BCUT2D eigenvalue weighted by atomic mass is 9.93. The van der Waals surface area contributed by atoms with Crippen molar-refractivity contribution in [3.05, 3.63) is 5.28 Å². The van der Waals surface area contributed by atoms with Crippen molar-refractivity contribution in [1.82, 2.24) is 15.0 Å². The Balaban J connectivity index is 1.99. The molecule has 0 aromatic carbocycles. The standard InChI is InChI=1S/C13H21ClN6O/c1-2-5-16-12-17-11(14)18-13(19-12)20-6-3-9(4-7-20)8-10(15)21/h9H,2-8H2,1H3,(H2,15,21)(H,16,17,18,19). The average Bonchev–Trinajstić information content (AvgIpc) is 2.44. The van der Waals surface area contributed by atoms with Crippen LogP contribution < -0.4 is 16.0 Å². The number of primary amides is 1. The highest BCUT2D eigenvalue weighted by Gasteiger charge is 2.23. The molecule has 1 aliphatic rings. The molecule has 2 rings (SSSR count). The third-order valence-electron chi connectivity index (χ3n) is 3.52. The topological polar surface area (TPSA) is 97.0 Å². The zero-order chi connectivity index (χ0) is 15.2. The van der Waals surface area contributed by atoms with E-state index in [2.05, 4.69) is 32.1 Å². The van der Waals surface area contributed by atoms with Crippen LogP contribution in [0.3, 0.4) is 0 Å². The third kappa shape index (κ3) is 4.70. The molecule has 0 unspecified atom stereocenters. The van der Waals surface area contributed by atoms with E-state index >= 15 is 0 Å². The summed E-state index contributed by atoms with van der Waals surface area (Å²) in [6.07, 6.45) is 3.25. The van der Waals surface area contributed by atoms with E-state index in [0.717, 1.165) is 38.9 Å². The van der Waals surface area contributed by atoms with Crippen LogP contribution in [-0.4, -0.2) is 40.5 Å². The monoisotopic (exact) mass is 312 g/mol. The molecule has 0 spiro atoms. The number of carbonyl (C=O) groups is 1. The van der Waals surface area contributed by atoms with Crippen LogP contribution in [-0.2, 0) is 4.79 Å². The van der Waals surface area contributed by atoms with Gasteiger partial charge in [-0.05, 0) is 36.8 Å². The minimum absolute atomic E-state index is 0.192. The lowest BCUT2D eigenvalue weighted by Gasteiger charge is -2.31. The summed E-state index contributed by atoms with van der Waals surface area (Å²) in [6.45, 7) is 4.46. The Hall–Kier alpha value is -1.63. The first-order valence-corrected chi connectivity index (χ1v) is 7.65. The maximum Gasteiger partial charge on any atom is 0.231 e. The van der Waals surface area contributed by atoms with Crippen molar-refractivity contribution in [3.63, 3.8) is 0 Å². The number of hydrogen-bond acceptors (Lipinski definition) is 6. The van der Waals surface area contributed by atoms with Gasteiger partial charge in [-0.25, -0.2) is 0 Å². The van der Waals surface area contributed by atoms with Crippen LogP contribution in [0.1, 0.15) is 32.6 Å². The van der Waals surface area contributed by atoms with Crippen LogP contribution in [0.4, 0.5) is 11.9 Å². The number of halogens is 1. The molecule has 0 bridgehead atoms. The van der Waals surface area contributed by atoms with Crippen LogP contribution in [0.2, 0.25) is 5.28 Å². The molecule has 7 nitrogen and oxygen atoms in total. The van der Waals surface area contributed by atoms with Gasteiger partial charge in [-0.3, -0.25) is 4.79 Å². The number of piperidine rings is 1. The minimum Gasteiger partial charge on any atom is -0.370 e. The van der Waals surface area contributed by atoms with Gasteiger partial charge >= 0.3 is 0 Å². The Morgan fingerprint density at radius 2 is 2.10 bits per heavy atom. The summed E-state index contributed by atoms with van der Waals surface area (Å²) >= 11 is 5.96. The van der Waals surface area contributed by atoms with Crippen molar-refractivity contribution in [2.45, 2.75) is 32.6 Å². The molecule has 1 fully saturated rings. The van der Waals surface area contributed by atoms with Gasteiger partial charge in [0, 0.05) is 26.1 Å². The largest absolute Gasteiger partial charge is 0.370 e. The van der Waals surface area contributed by atoms with E-state index in [1.807, 2.05) is 0 Å². The van der Waals surface area contributed by atoms with Crippen LogP contribution in [0.5, 0.6) is 0 Å². The highest BCUT2D eigenvalue weighted by Crippen LogP contribution is 2.24. The minimum atomic E-state index is -0.234. The highest BCUT2D eigenvalue weighted by atomic mass is 35.5.